The SMILES string of the molecule is COc1ccccc1-c1ccc2c(c1)c(-c1cc(Cl)cc(Cl)c1)c(C(=O)O)n2Cc1cccc(C(F)(F)F)c1. The number of rotatable bonds is 6. The number of fused-ring (bicyclic) bond motifs is 1. The van der Waals surface area contributed by atoms with Crippen LogP contribution >= 0.6 is 23.2 Å². The zero-order valence-corrected chi connectivity index (χ0v) is 21.9. The number of ether oxygens (including phenoxy) is 1. The van der Waals surface area contributed by atoms with Crippen molar-refractivity contribution in [3.63, 3.8) is 0 Å². The molecule has 0 saturated carbocycles. The van der Waals surface area contributed by atoms with E-state index in [4.69, 9.17) is 27.9 Å². The minimum atomic E-state index is -4.53. The molecule has 1 aromatic heterocycles. The number of aromatic carboxylic acids is 1. The Labute approximate surface area is 231 Å². The predicted molar refractivity (Wildman–Crippen MR) is 147 cm³/mol. The molecule has 198 valence electrons. The van der Waals surface area contributed by atoms with Gasteiger partial charge in [0, 0.05) is 38.6 Å². The molecule has 0 amide bonds. The topological polar surface area (TPSA) is 51.5 Å². The van der Waals surface area contributed by atoms with Gasteiger partial charge in [-0.05, 0) is 65.2 Å². The minimum Gasteiger partial charge on any atom is -0.496 e. The molecule has 5 rings (SSSR count). The van der Waals surface area contributed by atoms with Gasteiger partial charge in [0.25, 0.3) is 0 Å². The van der Waals surface area contributed by atoms with Gasteiger partial charge < -0.3 is 14.4 Å². The number of carboxylic acid groups (broad SMARTS) is 1. The summed E-state index contributed by atoms with van der Waals surface area (Å²) >= 11 is 12.6. The van der Waals surface area contributed by atoms with E-state index in [-0.39, 0.29) is 12.2 Å². The van der Waals surface area contributed by atoms with Crippen LogP contribution in [0.15, 0.2) is 84.9 Å². The fraction of sp³-hybridized carbons (Fsp3) is 0.100. The molecule has 4 nitrogen and oxygen atoms in total. The fourth-order valence-corrected chi connectivity index (χ4v) is 5.34. The quantitative estimate of drug-likeness (QED) is 0.222. The van der Waals surface area contributed by atoms with Crippen molar-refractivity contribution < 1.29 is 27.8 Å². The van der Waals surface area contributed by atoms with E-state index in [1.54, 1.807) is 25.3 Å². The fourth-order valence-electron chi connectivity index (χ4n) is 4.81. The Balaban J connectivity index is 1.81. The lowest BCUT2D eigenvalue weighted by Gasteiger charge is -2.12. The highest BCUT2D eigenvalue weighted by Gasteiger charge is 2.31. The molecule has 0 unspecified atom stereocenters. The van der Waals surface area contributed by atoms with Crippen molar-refractivity contribution >= 4 is 40.1 Å². The standard InChI is InChI=1S/C30H20Cl2F3NO3/c1-39-26-8-3-2-7-23(26)18-9-10-25-24(14-18)27(19-12-21(31)15-22(32)13-19)28(29(37)38)36(25)16-17-5-4-6-20(11-17)30(33,34)35/h2-15H,16H2,1H3,(H,37,38). The van der Waals surface area contributed by atoms with Crippen molar-refractivity contribution in [1.29, 1.82) is 0 Å². The molecule has 0 aliphatic heterocycles. The molecule has 0 spiro atoms. The van der Waals surface area contributed by atoms with Crippen LogP contribution in [0.25, 0.3) is 33.2 Å². The first-order valence-corrected chi connectivity index (χ1v) is 12.5. The van der Waals surface area contributed by atoms with Crippen molar-refractivity contribution in [3.05, 3.63) is 112 Å². The molecule has 4 aromatic carbocycles. The highest BCUT2D eigenvalue weighted by atomic mass is 35.5. The second-order valence-corrected chi connectivity index (χ2v) is 9.78. The number of alkyl halides is 3. The molecule has 5 aromatic rings. The van der Waals surface area contributed by atoms with Crippen molar-refractivity contribution in [2.75, 3.05) is 7.11 Å². The van der Waals surface area contributed by atoms with Gasteiger partial charge in [-0.15, -0.1) is 0 Å². The van der Waals surface area contributed by atoms with Crippen LogP contribution in [0.4, 0.5) is 13.2 Å². The third-order valence-corrected chi connectivity index (χ3v) is 6.87. The number of methoxy groups -OCH3 is 1. The highest BCUT2D eigenvalue weighted by Crippen LogP contribution is 2.41. The number of benzene rings is 4. The maximum atomic E-state index is 13.4. The second-order valence-electron chi connectivity index (χ2n) is 8.90. The van der Waals surface area contributed by atoms with Crippen LogP contribution in [-0.4, -0.2) is 22.8 Å². The summed E-state index contributed by atoms with van der Waals surface area (Å²) in [6.07, 6.45) is -4.53. The predicted octanol–water partition coefficient (Wildman–Crippen LogP) is 9.06. The number of para-hydroxylation sites is 1. The molecule has 9 heteroatoms. The van der Waals surface area contributed by atoms with Gasteiger partial charge in [-0.25, -0.2) is 4.79 Å². The molecule has 0 saturated heterocycles. The minimum absolute atomic E-state index is 0.0991. The van der Waals surface area contributed by atoms with Gasteiger partial charge in [0.2, 0.25) is 0 Å². The molecular weight excluding hydrogens is 550 g/mol. The summed E-state index contributed by atoms with van der Waals surface area (Å²) < 4.78 is 47.2. The maximum Gasteiger partial charge on any atom is 0.416 e. The third-order valence-electron chi connectivity index (χ3n) is 6.43. The summed E-state index contributed by atoms with van der Waals surface area (Å²) in [6.45, 7) is -0.107. The van der Waals surface area contributed by atoms with Crippen LogP contribution in [0.3, 0.4) is 0 Å². The molecule has 0 radical (unpaired) electrons. The van der Waals surface area contributed by atoms with E-state index < -0.39 is 17.7 Å². The molecular formula is C30H20Cl2F3NO3. The number of nitrogens with zero attached hydrogens (tertiary/aromatic N) is 1. The smallest absolute Gasteiger partial charge is 0.416 e. The Morgan fingerprint density at radius 2 is 1.62 bits per heavy atom. The number of carboxylic acids is 1. The monoisotopic (exact) mass is 569 g/mol. The van der Waals surface area contributed by atoms with E-state index in [0.29, 0.717) is 43.4 Å². The lowest BCUT2D eigenvalue weighted by atomic mass is 9.98. The molecule has 0 aliphatic carbocycles. The summed E-state index contributed by atoms with van der Waals surface area (Å²) in [5, 5.41) is 11.6. The van der Waals surface area contributed by atoms with Crippen LogP contribution in [0.2, 0.25) is 10.0 Å². The van der Waals surface area contributed by atoms with Gasteiger partial charge in [-0.1, -0.05) is 59.6 Å². The van der Waals surface area contributed by atoms with Crippen molar-refractivity contribution in [2.24, 2.45) is 0 Å². The van der Waals surface area contributed by atoms with E-state index >= 15 is 0 Å². The molecule has 0 fully saturated rings. The summed E-state index contributed by atoms with van der Waals surface area (Å²) in [5.74, 6) is -0.617. The van der Waals surface area contributed by atoms with Crippen LogP contribution < -0.4 is 4.74 Å². The van der Waals surface area contributed by atoms with Gasteiger partial charge in [0.15, 0.2) is 0 Å². The second kappa shape index (κ2) is 10.3. The van der Waals surface area contributed by atoms with E-state index in [1.807, 2.05) is 36.4 Å². The van der Waals surface area contributed by atoms with Gasteiger partial charge in [0.05, 0.1) is 12.7 Å². The zero-order valence-electron chi connectivity index (χ0n) is 20.4. The van der Waals surface area contributed by atoms with Crippen LogP contribution in [-0.2, 0) is 12.7 Å². The zero-order chi connectivity index (χ0) is 27.9. The molecule has 0 bridgehead atoms. The first-order chi connectivity index (χ1) is 18.6. The summed E-state index contributed by atoms with van der Waals surface area (Å²) in [7, 11) is 1.56. The first kappa shape index (κ1) is 26.7. The summed E-state index contributed by atoms with van der Waals surface area (Å²) in [5.41, 5.74) is 2.29. The molecule has 0 aliphatic rings. The van der Waals surface area contributed by atoms with E-state index in [1.165, 1.54) is 22.8 Å². The van der Waals surface area contributed by atoms with Gasteiger partial charge in [0.1, 0.15) is 11.4 Å². The maximum absolute atomic E-state index is 13.4. The Bertz CT molecular complexity index is 1710. The normalized spacial score (nSPS) is 11.6. The largest absolute Gasteiger partial charge is 0.496 e. The number of aromatic nitrogens is 1. The van der Waals surface area contributed by atoms with Crippen LogP contribution in [0, 0.1) is 0 Å². The van der Waals surface area contributed by atoms with E-state index in [0.717, 1.165) is 23.3 Å². The molecule has 0 atom stereocenters. The van der Waals surface area contributed by atoms with Crippen molar-refractivity contribution in [3.8, 4) is 28.0 Å². The van der Waals surface area contributed by atoms with Gasteiger partial charge in [-0.2, -0.15) is 13.2 Å². The third kappa shape index (κ3) is 5.20. The van der Waals surface area contributed by atoms with Gasteiger partial charge in [-0.3, -0.25) is 0 Å². The highest BCUT2D eigenvalue weighted by molar-refractivity contribution is 6.35. The number of hydrogen-bond donors (Lipinski definition) is 1. The van der Waals surface area contributed by atoms with E-state index in [2.05, 4.69) is 0 Å². The van der Waals surface area contributed by atoms with Crippen LogP contribution in [0.5, 0.6) is 5.75 Å². The van der Waals surface area contributed by atoms with Crippen molar-refractivity contribution in [1.82, 2.24) is 4.57 Å². The molecule has 1 N–H and O–H groups in total. The van der Waals surface area contributed by atoms with Crippen molar-refractivity contribution in [2.45, 2.75) is 12.7 Å². The summed E-state index contributed by atoms with van der Waals surface area (Å²) in [6, 6.07) is 22.4. The Morgan fingerprint density at radius 1 is 0.897 bits per heavy atom. The van der Waals surface area contributed by atoms with Crippen LogP contribution in [0.1, 0.15) is 21.6 Å². The Hall–Kier alpha value is -3.94. The number of carbonyl (C=O) groups is 1. The Kier molecular flexibility index (Phi) is 7.05. The number of hydrogen-bond acceptors (Lipinski definition) is 2. The Morgan fingerprint density at radius 3 is 2.28 bits per heavy atom. The summed E-state index contributed by atoms with van der Waals surface area (Å²) in [4.78, 5) is 12.7. The van der Waals surface area contributed by atoms with E-state index in [9.17, 15) is 23.1 Å². The molecule has 39 heavy (non-hydrogen) atoms. The average Bonchev–Trinajstić information content (AvgIpc) is 3.21. The molecule has 1 heterocycles. The average molecular weight is 570 g/mol. The van der Waals surface area contributed by atoms with Gasteiger partial charge >= 0.3 is 12.1 Å². The number of halogens is 5. The first-order valence-electron chi connectivity index (χ1n) is 11.7. The lowest BCUT2D eigenvalue weighted by Crippen LogP contribution is -2.12. The lowest BCUT2D eigenvalue weighted by molar-refractivity contribution is -0.137.